The van der Waals surface area contributed by atoms with E-state index >= 15 is 0 Å². The van der Waals surface area contributed by atoms with E-state index in [4.69, 9.17) is 9.47 Å². The van der Waals surface area contributed by atoms with Crippen LogP contribution in [0.4, 0.5) is 0 Å². The van der Waals surface area contributed by atoms with Crippen molar-refractivity contribution in [1.29, 1.82) is 0 Å². The van der Waals surface area contributed by atoms with Gasteiger partial charge in [-0.15, -0.1) is 9.89 Å². The molecular weight excluding hydrogens is 362 g/mol. The number of esters is 2. The van der Waals surface area contributed by atoms with Gasteiger partial charge in [0, 0.05) is 36.5 Å². The van der Waals surface area contributed by atoms with Crippen LogP contribution in [0.25, 0.3) is 5.69 Å². The van der Waals surface area contributed by atoms with Crippen LogP contribution >= 0.6 is 0 Å². The Labute approximate surface area is 160 Å². The average Bonchev–Trinajstić information content (AvgIpc) is 3.14. The maximum Gasteiger partial charge on any atom is 0.358 e. The summed E-state index contributed by atoms with van der Waals surface area (Å²) in [5.41, 5.74) is 0.963. The molecule has 3 aromatic rings. The summed E-state index contributed by atoms with van der Waals surface area (Å²) in [5.74, 6) is -1.26. The van der Waals surface area contributed by atoms with Crippen molar-refractivity contribution >= 4 is 11.9 Å². The van der Waals surface area contributed by atoms with Crippen molar-refractivity contribution in [3.8, 4) is 5.69 Å². The highest BCUT2D eigenvalue weighted by Gasteiger charge is 2.21. The number of aromatic nitrogens is 4. The molecule has 0 bridgehead atoms. The Morgan fingerprint density at radius 1 is 1.00 bits per heavy atom. The number of hydrogen-bond acceptors (Lipinski definition) is 7. The van der Waals surface area contributed by atoms with Crippen LogP contribution in [0.5, 0.6) is 0 Å². The van der Waals surface area contributed by atoms with Crippen molar-refractivity contribution in [2.24, 2.45) is 5.10 Å². The number of pyridine rings is 2. The first-order valence-corrected chi connectivity index (χ1v) is 8.70. The average molecular weight is 381 g/mol. The minimum Gasteiger partial charge on any atom is -0.461 e. The first kappa shape index (κ1) is 19.0. The number of nitrogens with zero attached hydrogens (tertiary/aromatic N) is 5. The molecule has 0 unspecified atom stereocenters. The lowest BCUT2D eigenvalue weighted by Gasteiger charge is -2.05. The Bertz CT molecular complexity index is 1020. The van der Waals surface area contributed by atoms with E-state index in [1.54, 1.807) is 38.4 Å². The lowest BCUT2D eigenvalue weighted by atomic mass is 10.3. The zero-order valence-electron chi connectivity index (χ0n) is 15.5. The molecule has 0 aliphatic heterocycles. The van der Waals surface area contributed by atoms with Crippen molar-refractivity contribution in [3.05, 3.63) is 71.9 Å². The molecule has 3 aromatic heterocycles. The lowest BCUT2D eigenvalue weighted by Crippen LogP contribution is -2.14. The van der Waals surface area contributed by atoms with Crippen LogP contribution in [0.15, 0.2) is 60.2 Å². The zero-order chi connectivity index (χ0) is 19.9. The molecule has 0 atom stereocenters. The summed E-state index contributed by atoms with van der Waals surface area (Å²) in [5, 5.41) is 8.92. The lowest BCUT2D eigenvalue weighted by molar-refractivity contribution is 0.0507. The highest BCUT2D eigenvalue weighted by Crippen LogP contribution is 2.08. The van der Waals surface area contributed by atoms with E-state index in [0.29, 0.717) is 5.36 Å². The van der Waals surface area contributed by atoms with E-state index in [1.165, 1.54) is 6.07 Å². The normalized spacial score (nSPS) is 10.4. The van der Waals surface area contributed by atoms with E-state index in [0.717, 1.165) is 10.5 Å². The van der Waals surface area contributed by atoms with Crippen LogP contribution in [0.2, 0.25) is 0 Å². The summed E-state index contributed by atoms with van der Waals surface area (Å²) in [6, 6.07) is 8.55. The van der Waals surface area contributed by atoms with Gasteiger partial charge in [-0.1, -0.05) is 0 Å². The molecular formula is C19H19N5O4. The smallest absolute Gasteiger partial charge is 0.358 e. The van der Waals surface area contributed by atoms with Crippen LogP contribution in [0.3, 0.4) is 0 Å². The first-order chi connectivity index (χ1) is 13.6. The highest BCUT2D eigenvalue weighted by atomic mass is 16.5. The van der Waals surface area contributed by atoms with E-state index < -0.39 is 11.9 Å². The van der Waals surface area contributed by atoms with E-state index in [1.807, 2.05) is 29.1 Å². The van der Waals surface area contributed by atoms with Crippen molar-refractivity contribution in [2.45, 2.75) is 13.8 Å². The Kier molecular flexibility index (Phi) is 5.95. The summed E-state index contributed by atoms with van der Waals surface area (Å²) in [6.07, 6.45) is 7.03. The number of hydrogen-bond donors (Lipinski definition) is 0. The Morgan fingerprint density at radius 2 is 1.64 bits per heavy atom. The second-order valence-corrected chi connectivity index (χ2v) is 5.51. The molecule has 9 heteroatoms. The summed E-state index contributed by atoms with van der Waals surface area (Å²) >= 11 is 0. The maximum atomic E-state index is 12.2. The molecule has 3 heterocycles. The van der Waals surface area contributed by atoms with Crippen molar-refractivity contribution in [1.82, 2.24) is 19.4 Å². The van der Waals surface area contributed by atoms with E-state index in [9.17, 15) is 9.59 Å². The van der Waals surface area contributed by atoms with Gasteiger partial charge < -0.3 is 14.0 Å². The summed E-state index contributed by atoms with van der Waals surface area (Å²) < 4.78 is 11.8. The first-order valence-electron chi connectivity index (χ1n) is 8.70. The van der Waals surface area contributed by atoms with Gasteiger partial charge in [-0.3, -0.25) is 4.98 Å². The Balaban J connectivity index is 1.97. The molecule has 0 fully saturated rings. The van der Waals surface area contributed by atoms with Gasteiger partial charge in [-0.05, 0) is 38.1 Å². The van der Waals surface area contributed by atoms with Crippen LogP contribution in [0.1, 0.15) is 34.8 Å². The summed E-state index contributed by atoms with van der Waals surface area (Å²) in [6.45, 7) is 3.77. The van der Waals surface area contributed by atoms with Gasteiger partial charge in [-0.25, -0.2) is 9.59 Å². The number of rotatable bonds is 6. The fourth-order valence-electron chi connectivity index (χ4n) is 2.38. The summed E-state index contributed by atoms with van der Waals surface area (Å²) in [4.78, 5) is 29.2. The molecule has 0 N–H and O–H groups in total. The quantitative estimate of drug-likeness (QED) is 0.604. The van der Waals surface area contributed by atoms with Crippen molar-refractivity contribution in [3.63, 3.8) is 0 Å². The van der Waals surface area contributed by atoms with Crippen LogP contribution < -0.4 is 5.36 Å². The van der Waals surface area contributed by atoms with Crippen LogP contribution in [-0.2, 0) is 9.47 Å². The summed E-state index contributed by atoms with van der Waals surface area (Å²) in [7, 11) is 0. The number of carbonyl (C=O) groups excluding carboxylic acids is 2. The molecule has 28 heavy (non-hydrogen) atoms. The second kappa shape index (κ2) is 8.76. The van der Waals surface area contributed by atoms with E-state index in [-0.39, 0.29) is 24.6 Å². The molecule has 0 aromatic carbocycles. The minimum atomic E-state index is -0.634. The van der Waals surface area contributed by atoms with Gasteiger partial charge in [0.15, 0.2) is 11.4 Å². The molecule has 0 radical (unpaired) electrons. The van der Waals surface area contributed by atoms with Crippen LogP contribution in [0, 0.1) is 0 Å². The third-order valence-corrected chi connectivity index (χ3v) is 3.64. The van der Waals surface area contributed by atoms with Gasteiger partial charge in [0.05, 0.1) is 18.6 Å². The van der Waals surface area contributed by atoms with Gasteiger partial charge in [0.2, 0.25) is 0 Å². The molecule has 0 saturated heterocycles. The van der Waals surface area contributed by atoms with Crippen molar-refractivity contribution in [2.75, 3.05) is 13.2 Å². The predicted molar refractivity (Wildman–Crippen MR) is 98.7 cm³/mol. The Hall–Kier alpha value is -3.75. The molecule has 0 amide bonds. The van der Waals surface area contributed by atoms with Gasteiger partial charge in [0.25, 0.3) is 0 Å². The second-order valence-electron chi connectivity index (χ2n) is 5.51. The molecule has 3 rings (SSSR count). The van der Waals surface area contributed by atoms with Gasteiger partial charge in [-0.2, -0.15) is 5.10 Å². The monoisotopic (exact) mass is 381 g/mol. The largest absolute Gasteiger partial charge is 0.461 e. The molecule has 0 saturated carbocycles. The standard InChI is InChI=1S/C19H19N5O4/c1-3-27-18(25)16-13-17(19(26)28-4-2)24(22-16)21-14-7-11-23(12-8-14)15-5-9-20-10-6-15/h5-13H,3-4H2,1-2H3. The molecule has 0 aliphatic carbocycles. The van der Waals surface area contributed by atoms with Crippen LogP contribution in [-0.4, -0.2) is 44.6 Å². The third kappa shape index (κ3) is 4.32. The molecule has 0 aliphatic rings. The van der Waals surface area contributed by atoms with Gasteiger partial charge in [0.1, 0.15) is 0 Å². The molecule has 0 spiro atoms. The topological polar surface area (TPSA) is 101 Å². The SMILES string of the molecule is CCOC(=O)c1cc(C(=O)OCC)n(N=c2ccn(-c3ccncc3)cc2)n1. The molecule has 9 nitrogen and oxygen atoms in total. The fraction of sp³-hybridized carbons (Fsp3) is 0.211. The predicted octanol–water partition coefficient (Wildman–Crippen LogP) is 1.79. The van der Waals surface area contributed by atoms with Crippen molar-refractivity contribution < 1.29 is 19.1 Å². The fourth-order valence-corrected chi connectivity index (χ4v) is 2.38. The molecule has 144 valence electrons. The third-order valence-electron chi connectivity index (χ3n) is 3.64. The number of carbonyl (C=O) groups is 2. The van der Waals surface area contributed by atoms with Gasteiger partial charge >= 0.3 is 11.9 Å². The number of ether oxygens (including phenoxy) is 2. The zero-order valence-corrected chi connectivity index (χ0v) is 15.5. The highest BCUT2D eigenvalue weighted by molar-refractivity contribution is 5.93. The van der Waals surface area contributed by atoms with E-state index in [2.05, 4.69) is 15.2 Å². The Morgan fingerprint density at radius 3 is 2.29 bits per heavy atom. The maximum absolute atomic E-state index is 12.2. The minimum absolute atomic E-state index is 0.0172.